The summed E-state index contributed by atoms with van der Waals surface area (Å²) in [7, 11) is 0. The molecule has 5 rings (SSSR count). The average Bonchev–Trinajstić information content (AvgIpc) is 3.37. The van der Waals surface area contributed by atoms with Gasteiger partial charge in [0.05, 0.1) is 11.6 Å². The van der Waals surface area contributed by atoms with Crippen LogP contribution in [0.1, 0.15) is 30.4 Å². The molecule has 1 fully saturated rings. The van der Waals surface area contributed by atoms with E-state index in [0.29, 0.717) is 11.7 Å². The number of fused-ring (bicyclic) bond motifs is 2. The van der Waals surface area contributed by atoms with Gasteiger partial charge in [0.15, 0.2) is 11.5 Å². The van der Waals surface area contributed by atoms with Gasteiger partial charge in [0.2, 0.25) is 12.7 Å². The number of benzene rings is 1. The number of rotatable bonds is 6. The van der Waals surface area contributed by atoms with Crippen molar-refractivity contribution >= 4 is 17.7 Å². The summed E-state index contributed by atoms with van der Waals surface area (Å²) in [5, 5.41) is 3.08. The molecule has 6 heteroatoms. The van der Waals surface area contributed by atoms with Gasteiger partial charge < -0.3 is 19.7 Å². The van der Waals surface area contributed by atoms with E-state index in [1.165, 1.54) is 5.56 Å². The molecule has 3 aliphatic heterocycles. The number of pyridine rings is 1. The molecule has 30 heavy (non-hydrogen) atoms. The number of carbonyl (C=O) groups is 1. The molecule has 3 aliphatic rings. The van der Waals surface area contributed by atoms with E-state index >= 15 is 0 Å². The van der Waals surface area contributed by atoms with Gasteiger partial charge in [0.1, 0.15) is 0 Å². The Labute approximate surface area is 176 Å². The van der Waals surface area contributed by atoms with Crippen LogP contribution in [-0.4, -0.2) is 42.2 Å². The molecule has 1 saturated heterocycles. The predicted molar refractivity (Wildman–Crippen MR) is 115 cm³/mol. The first kappa shape index (κ1) is 19.1. The first-order chi connectivity index (χ1) is 14.7. The fourth-order valence-electron chi connectivity index (χ4n) is 4.65. The van der Waals surface area contributed by atoms with Crippen molar-refractivity contribution < 1.29 is 14.3 Å². The van der Waals surface area contributed by atoms with E-state index in [2.05, 4.69) is 33.4 Å². The number of aromatic nitrogens is 1. The summed E-state index contributed by atoms with van der Waals surface area (Å²) in [4.78, 5) is 19.4. The van der Waals surface area contributed by atoms with Gasteiger partial charge in [-0.15, -0.1) is 0 Å². The molecular formula is C24H27N3O3. The number of carbonyl (C=O) groups excluding carboxylic acids is 1. The number of anilines is 1. The van der Waals surface area contributed by atoms with Gasteiger partial charge in [-0.05, 0) is 68.5 Å². The van der Waals surface area contributed by atoms with Crippen LogP contribution in [0, 0.1) is 11.8 Å². The molecule has 0 aliphatic carbocycles. The molecule has 0 bridgehead atoms. The van der Waals surface area contributed by atoms with Gasteiger partial charge in [-0.1, -0.05) is 12.2 Å². The van der Waals surface area contributed by atoms with Crippen molar-refractivity contribution in [2.75, 3.05) is 31.7 Å². The summed E-state index contributed by atoms with van der Waals surface area (Å²) in [5.74, 6) is 1.96. The second-order valence-corrected chi connectivity index (χ2v) is 8.40. The van der Waals surface area contributed by atoms with Crippen molar-refractivity contribution in [3.63, 3.8) is 0 Å². The van der Waals surface area contributed by atoms with Gasteiger partial charge in [0, 0.05) is 30.6 Å². The van der Waals surface area contributed by atoms with Crippen molar-refractivity contribution in [2.45, 2.75) is 25.7 Å². The van der Waals surface area contributed by atoms with Crippen molar-refractivity contribution in [2.24, 2.45) is 11.8 Å². The molecule has 0 radical (unpaired) electrons. The monoisotopic (exact) mass is 405 g/mol. The van der Waals surface area contributed by atoms with Crippen molar-refractivity contribution in [1.29, 1.82) is 0 Å². The molecule has 1 N–H and O–H groups in total. The first-order valence-electron chi connectivity index (χ1n) is 10.8. The van der Waals surface area contributed by atoms with E-state index in [-0.39, 0.29) is 18.6 Å². The number of hydrogen-bond acceptors (Lipinski definition) is 5. The Kier molecular flexibility index (Phi) is 5.41. The van der Waals surface area contributed by atoms with Crippen LogP contribution in [0.25, 0.3) is 6.08 Å². The molecule has 0 saturated carbocycles. The van der Waals surface area contributed by atoms with E-state index < -0.39 is 0 Å². The normalized spacial score (nSPS) is 22.6. The SMILES string of the molecule is O=C1Nc2cc3c(cc2C=CC1CC1CCN(CCCc2ccncc2)C1)OCO3. The summed E-state index contributed by atoms with van der Waals surface area (Å²) in [6.07, 6.45) is 12.1. The van der Waals surface area contributed by atoms with Crippen molar-refractivity contribution in [3.05, 3.63) is 53.9 Å². The summed E-state index contributed by atoms with van der Waals surface area (Å²) in [6.45, 7) is 3.55. The maximum Gasteiger partial charge on any atom is 0.231 e. The molecule has 156 valence electrons. The Hall–Kier alpha value is -2.86. The Bertz CT molecular complexity index is 944. The Morgan fingerprint density at radius 2 is 2.00 bits per heavy atom. The minimum absolute atomic E-state index is 0.0694. The highest BCUT2D eigenvalue weighted by Crippen LogP contribution is 2.39. The molecule has 1 aromatic heterocycles. The van der Waals surface area contributed by atoms with E-state index in [9.17, 15) is 4.79 Å². The van der Waals surface area contributed by atoms with Crippen LogP contribution in [0.15, 0.2) is 42.7 Å². The van der Waals surface area contributed by atoms with Gasteiger partial charge in [0.25, 0.3) is 0 Å². The Morgan fingerprint density at radius 1 is 1.17 bits per heavy atom. The number of likely N-dealkylation sites (tertiary alicyclic amines) is 1. The standard InChI is InChI=1S/C24H27N3O3/c28-24-20(4-3-19-13-22-23(30-16-29-22)14-21(19)26-24)12-18-7-11-27(15-18)10-1-2-17-5-8-25-9-6-17/h3-6,8-9,13-14,18,20H,1-2,7,10-12,15-16H2,(H,26,28). The topological polar surface area (TPSA) is 63.7 Å². The number of hydrogen-bond donors (Lipinski definition) is 1. The summed E-state index contributed by atoms with van der Waals surface area (Å²) >= 11 is 0. The largest absolute Gasteiger partial charge is 0.454 e. The first-order valence-corrected chi connectivity index (χ1v) is 10.8. The number of nitrogens with one attached hydrogen (secondary N) is 1. The van der Waals surface area contributed by atoms with Crippen LogP contribution in [0.5, 0.6) is 11.5 Å². The maximum atomic E-state index is 12.8. The summed E-state index contributed by atoms with van der Waals surface area (Å²) in [5.41, 5.74) is 3.12. The van der Waals surface area contributed by atoms with Crippen LogP contribution in [0.4, 0.5) is 5.69 Å². The summed E-state index contributed by atoms with van der Waals surface area (Å²) in [6, 6.07) is 7.99. The highest BCUT2D eigenvalue weighted by molar-refractivity contribution is 5.98. The highest BCUT2D eigenvalue weighted by atomic mass is 16.7. The van der Waals surface area contributed by atoms with Crippen LogP contribution >= 0.6 is 0 Å². The molecular weight excluding hydrogens is 378 g/mol. The molecule has 6 nitrogen and oxygen atoms in total. The van der Waals surface area contributed by atoms with Crippen LogP contribution in [-0.2, 0) is 11.2 Å². The van der Waals surface area contributed by atoms with E-state index in [1.54, 1.807) is 0 Å². The smallest absolute Gasteiger partial charge is 0.231 e. The van der Waals surface area contributed by atoms with Gasteiger partial charge in [-0.25, -0.2) is 0 Å². The lowest BCUT2D eigenvalue weighted by molar-refractivity contribution is -0.118. The minimum Gasteiger partial charge on any atom is -0.454 e. The lowest BCUT2D eigenvalue weighted by atomic mass is 9.93. The van der Waals surface area contributed by atoms with E-state index in [0.717, 1.165) is 62.3 Å². The van der Waals surface area contributed by atoms with E-state index in [1.807, 2.05) is 30.6 Å². The quantitative estimate of drug-likeness (QED) is 0.793. The Balaban J connectivity index is 1.14. The molecule has 1 aromatic carbocycles. The predicted octanol–water partition coefficient (Wildman–Crippen LogP) is 3.74. The van der Waals surface area contributed by atoms with Crippen molar-refractivity contribution in [1.82, 2.24) is 9.88 Å². The van der Waals surface area contributed by atoms with Gasteiger partial charge in [-0.3, -0.25) is 9.78 Å². The lowest BCUT2D eigenvalue weighted by Gasteiger charge is -2.18. The van der Waals surface area contributed by atoms with Gasteiger partial charge >= 0.3 is 0 Å². The molecule has 0 spiro atoms. The summed E-state index contributed by atoms with van der Waals surface area (Å²) < 4.78 is 10.9. The third-order valence-corrected chi connectivity index (χ3v) is 6.29. The van der Waals surface area contributed by atoms with Crippen LogP contribution in [0.3, 0.4) is 0 Å². The third kappa shape index (κ3) is 4.19. The zero-order valence-electron chi connectivity index (χ0n) is 17.0. The zero-order valence-corrected chi connectivity index (χ0v) is 17.0. The maximum absolute atomic E-state index is 12.8. The number of amides is 1. The minimum atomic E-state index is -0.101. The molecule has 1 amide bonds. The zero-order chi connectivity index (χ0) is 20.3. The second kappa shape index (κ2) is 8.48. The van der Waals surface area contributed by atoms with Crippen LogP contribution < -0.4 is 14.8 Å². The second-order valence-electron chi connectivity index (χ2n) is 8.40. The van der Waals surface area contributed by atoms with Crippen LogP contribution in [0.2, 0.25) is 0 Å². The molecule has 4 heterocycles. The lowest BCUT2D eigenvalue weighted by Crippen LogP contribution is -2.25. The number of aryl methyl sites for hydroxylation is 1. The fourth-order valence-corrected chi connectivity index (χ4v) is 4.65. The number of ether oxygens (including phenoxy) is 2. The fraction of sp³-hybridized carbons (Fsp3) is 0.417. The highest BCUT2D eigenvalue weighted by Gasteiger charge is 2.29. The number of nitrogens with zero attached hydrogens (tertiary/aromatic N) is 2. The molecule has 2 unspecified atom stereocenters. The van der Waals surface area contributed by atoms with E-state index in [4.69, 9.17) is 9.47 Å². The molecule has 2 atom stereocenters. The van der Waals surface area contributed by atoms with Gasteiger partial charge in [-0.2, -0.15) is 0 Å². The van der Waals surface area contributed by atoms with Crippen molar-refractivity contribution in [3.8, 4) is 11.5 Å². The molecule has 2 aromatic rings. The Morgan fingerprint density at radius 3 is 2.87 bits per heavy atom. The average molecular weight is 405 g/mol. The third-order valence-electron chi connectivity index (χ3n) is 6.29.